The zero-order chi connectivity index (χ0) is 13.9. The third kappa shape index (κ3) is 2.45. The van der Waals surface area contributed by atoms with Gasteiger partial charge in [0, 0.05) is 5.56 Å². The molecule has 0 radical (unpaired) electrons. The van der Waals surface area contributed by atoms with Crippen LogP contribution in [0.2, 0.25) is 0 Å². The summed E-state index contributed by atoms with van der Waals surface area (Å²) < 4.78 is 58.0. The van der Waals surface area contributed by atoms with Crippen LogP contribution in [0.15, 0.2) is 0 Å². The van der Waals surface area contributed by atoms with Gasteiger partial charge in [-0.15, -0.1) is 0 Å². The van der Waals surface area contributed by atoms with E-state index in [4.69, 9.17) is 0 Å². The molecule has 18 heavy (non-hydrogen) atoms. The molecule has 1 aromatic rings. The molecule has 0 aliphatic rings. The molecule has 0 fully saturated rings. The fourth-order valence-electron chi connectivity index (χ4n) is 1.43. The molecule has 0 bridgehead atoms. The molecule has 3 nitrogen and oxygen atoms in total. The van der Waals surface area contributed by atoms with Crippen LogP contribution in [0.5, 0.6) is 0 Å². The summed E-state index contributed by atoms with van der Waals surface area (Å²) in [7, 11) is 2.37. The van der Waals surface area contributed by atoms with Crippen molar-refractivity contribution in [2.45, 2.75) is 6.42 Å². The normalized spacial score (nSPS) is 10.6. The van der Waals surface area contributed by atoms with Crippen LogP contribution in [0.1, 0.15) is 15.9 Å². The number of ether oxygens (including phenoxy) is 1. The first-order chi connectivity index (χ1) is 8.45. The van der Waals surface area contributed by atoms with Crippen LogP contribution >= 0.6 is 0 Å². The number of benzene rings is 1. The Morgan fingerprint density at radius 2 is 1.61 bits per heavy atom. The van der Waals surface area contributed by atoms with Gasteiger partial charge in [0.25, 0.3) is 0 Å². The van der Waals surface area contributed by atoms with E-state index in [-0.39, 0.29) is 13.0 Å². The van der Waals surface area contributed by atoms with Gasteiger partial charge in [-0.3, -0.25) is 0 Å². The van der Waals surface area contributed by atoms with Crippen LogP contribution in [0.4, 0.5) is 17.6 Å². The van der Waals surface area contributed by atoms with Gasteiger partial charge in [-0.25, -0.2) is 22.4 Å². The molecule has 1 N–H and O–H groups in total. The van der Waals surface area contributed by atoms with E-state index in [9.17, 15) is 22.4 Å². The van der Waals surface area contributed by atoms with Gasteiger partial charge in [0.15, 0.2) is 23.3 Å². The molecule has 0 saturated heterocycles. The first kappa shape index (κ1) is 14.4. The molecule has 1 rings (SSSR count). The average Bonchev–Trinajstić information content (AvgIpc) is 2.36. The van der Waals surface area contributed by atoms with E-state index in [1.54, 1.807) is 0 Å². The summed E-state index contributed by atoms with van der Waals surface area (Å²) in [4.78, 5) is 11.0. The third-order valence-electron chi connectivity index (χ3n) is 2.37. The van der Waals surface area contributed by atoms with Gasteiger partial charge in [-0.1, -0.05) is 0 Å². The third-order valence-corrected chi connectivity index (χ3v) is 2.37. The highest BCUT2D eigenvalue weighted by Crippen LogP contribution is 2.25. The molecule has 0 aliphatic carbocycles. The molecule has 0 saturated carbocycles. The van der Waals surface area contributed by atoms with Crippen LogP contribution < -0.4 is 5.32 Å². The lowest BCUT2D eigenvalue weighted by Crippen LogP contribution is -2.18. The zero-order valence-corrected chi connectivity index (χ0v) is 9.74. The summed E-state index contributed by atoms with van der Waals surface area (Å²) in [5.41, 5.74) is -2.10. The van der Waals surface area contributed by atoms with Crippen molar-refractivity contribution in [3.8, 4) is 0 Å². The maximum Gasteiger partial charge on any atom is 0.344 e. The summed E-state index contributed by atoms with van der Waals surface area (Å²) in [5.74, 6) is -8.12. The van der Waals surface area contributed by atoms with E-state index in [2.05, 4.69) is 10.1 Å². The Hall–Kier alpha value is -1.63. The molecule has 0 atom stereocenters. The second kappa shape index (κ2) is 5.81. The average molecular weight is 265 g/mol. The lowest BCUT2D eigenvalue weighted by Gasteiger charge is -2.10. The Morgan fingerprint density at radius 3 is 2.00 bits per heavy atom. The van der Waals surface area contributed by atoms with E-state index >= 15 is 0 Å². The lowest BCUT2D eigenvalue weighted by molar-refractivity contribution is 0.0586. The number of carbonyl (C=O) groups excluding carboxylic acids is 1. The Bertz CT molecular complexity index is 448. The highest BCUT2D eigenvalue weighted by molar-refractivity contribution is 5.90. The van der Waals surface area contributed by atoms with Gasteiger partial charge in [0.2, 0.25) is 0 Å². The predicted octanol–water partition coefficient (Wildman–Crippen LogP) is 1.79. The first-order valence-electron chi connectivity index (χ1n) is 5.03. The maximum absolute atomic E-state index is 13.5. The lowest BCUT2D eigenvalue weighted by atomic mass is 10.1. The quantitative estimate of drug-likeness (QED) is 0.512. The summed E-state index contributed by atoms with van der Waals surface area (Å²) in [6, 6.07) is 0. The van der Waals surface area contributed by atoms with Crippen molar-refractivity contribution >= 4 is 5.97 Å². The molecule has 0 spiro atoms. The Morgan fingerprint density at radius 1 is 1.11 bits per heavy atom. The largest absolute Gasteiger partial charge is 0.465 e. The molecule has 0 aromatic heterocycles. The second-order valence-corrected chi connectivity index (χ2v) is 3.45. The van der Waals surface area contributed by atoms with E-state index < -0.39 is 40.4 Å². The smallest absolute Gasteiger partial charge is 0.344 e. The zero-order valence-electron chi connectivity index (χ0n) is 9.74. The van der Waals surface area contributed by atoms with Gasteiger partial charge >= 0.3 is 5.97 Å². The van der Waals surface area contributed by atoms with Gasteiger partial charge < -0.3 is 10.1 Å². The van der Waals surface area contributed by atoms with Crippen LogP contribution in [0.3, 0.4) is 0 Å². The molecule has 1 aromatic carbocycles. The number of methoxy groups -OCH3 is 1. The van der Waals surface area contributed by atoms with Crippen LogP contribution in [0.25, 0.3) is 0 Å². The van der Waals surface area contributed by atoms with Crippen molar-refractivity contribution in [2.24, 2.45) is 0 Å². The number of hydrogen-bond acceptors (Lipinski definition) is 3. The van der Waals surface area contributed by atoms with Gasteiger partial charge in [0.05, 0.1) is 7.11 Å². The monoisotopic (exact) mass is 265 g/mol. The SMILES string of the molecule is CNCCc1c(F)c(F)c(C(=O)OC)c(F)c1F. The molecule has 0 heterocycles. The molecule has 0 amide bonds. The van der Waals surface area contributed by atoms with Crippen molar-refractivity contribution in [1.82, 2.24) is 5.32 Å². The van der Waals surface area contributed by atoms with E-state index in [1.807, 2.05) is 0 Å². The number of esters is 1. The first-order valence-corrected chi connectivity index (χ1v) is 5.03. The molecule has 7 heteroatoms. The second-order valence-electron chi connectivity index (χ2n) is 3.45. The van der Waals surface area contributed by atoms with Crippen molar-refractivity contribution < 1.29 is 27.1 Å². The van der Waals surface area contributed by atoms with E-state index in [0.29, 0.717) is 0 Å². The predicted molar refractivity (Wildman–Crippen MR) is 55.2 cm³/mol. The number of nitrogens with one attached hydrogen (secondary N) is 1. The van der Waals surface area contributed by atoms with Crippen molar-refractivity contribution in [3.63, 3.8) is 0 Å². The van der Waals surface area contributed by atoms with Gasteiger partial charge in [-0.2, -0.15) is 0 Å². The Balaban J connectivity index is 3.40. The highest BCUT2D eigenvalue weighted by Gasteiger charge is 2.29. The number of halogens is 4. The van der Waals surface area contributed by atoms with Crippen molar-refractivity contribution in [2.75, 3.05) is 20.7 Å². The summed E-state index contributed by atoms with van der Waals surface area (Å²) in [6.45, 7) is 0.129. The minimum atomic E-state index is -1.74. The number of rotatable bonds is 4. The highest BCUT2D eigenvalue weighted by atomic mass is 19.2. The molecular formula is C11H11F4NO2. The maximum atomic E-state index is 13.5. The molecule has 0 aliphatic heterocycles. The number of likely N-dealkylation sites (N-methyl/N-ethyl adjacent to an activating group) is 1. The Labute approximate surface area is 101 Å². The fourth-order valence-corrected chi connectivity index (χ4v) is 1.43. The minimum Gasteiger partial charge on any atom is -0.465 e. The van der Waals surface area contributed by atoms with Crippen LogP contribution in [-0.2, 0) is 11.2 Å². The number of hydrogen-bond donors (Lipinski definition) is 1. The molecule has 0 unspecified atom stereocenters. The number of carbonyl (C=O) groups is 1. The summed E-state index contributed by atoms with van der Waals surface area (Å²) in [5, 5.41) is 2.59. The minimum absolute atomic E-state index is 0.129. The van der Waals surface area contributed by atoms with E-state index in [0.717, 1.165) is 7.11 Å². The molecular weight excluding hydrogens is 254 g/mol. The van der Waals surface area contributed by atoms with Crippen molar-refractivity contribution in [3.05, 3.63) is 34.4 Å². The van der Waals surface area contributed by atoms with Gasteiger partial charge in [-0.05, 0) is 20.0 Å². The van der Waals surface area contributed by atoms with E-state index in [1.165, 1.54) is 7.05 Å². The fraction of sp³-hybridized carbons (Fsp3) is 0.364. The molecule has 100 valence electrons. The standard InChI is InChI=1S/C11H11F4NO2/c1-16-4-3-5-7(12)9(14)6(11(17)18-2)10(15)8(5)13/h16H,3-4H2,1-2H3. The van der Waals surface area contributed by atoms with Gasteiger partial charge in [0.1, 0.15) is 5.56 Å². The summed E-state index contributed by atoms with van der Waals surface area (Å²) >= 11 is 0. The van der Waals surface area contributed by atoms with Crippen molar-refractivity contribution in [1.29, 1.82) is 0 Å². The van der Waals surface area contributed by atoms with Crippen LogP contribution in [-0.4, -0.2) is 26.7 Å². The topological polar surface area (TPSA) is 38.3 Å². The summed E-state index contributed by atoms with van der Waals surface area (Å²) in [6.07, 6.45) is -0.247. The Kier molecular flexibility index (Phi) is 4.66. The van der Waals surface area contributed by atoms with Crippen LogP contribution in [0, 0.1) is 23.3 Å².